The SMILES string of the molecule is CSC(=Cc1ccccc1N1CCCC(COCc2sc(-c3ccc(Cl)cc3)nc2C)C1)[S+](C)[O-]. The molecule has 1 fully saturated rings. The number of para-hydroxylation sites is 1. The van der Waals surface area contributed by atoms with Gasteiger partial charge in [0, 0.05) is 41.0 Å². The van der Waals surface area contributed by atoms with E-state index in [-0.39, 0.29) is 0 Å². The van der Waals surface area contributed by atoms with Crippen molar-refractivity contribution >= 4 is 57.6 Å². The molecule has 0 bridgehead atoms. The van der Waals surface area contributed by atoms with Crippen LogP contribution in [-0.4, -0.2) is 41.7 Å². The standard InChI is InChI=1S/C27H31ClN2O2S3/c1-19-25(34-27(29-19)21-10-12-23(28)13-11-21)18-32-17-20-7-6-14-30(16-20)24-9-5-4-8-22(24)15-26(33-2)35(3)31/h4-5,8-13,15,20H,6-7,14,16-18H2,1-3H3. The number of halogens is 1. The second kappa shape index (κ2) is 12.7. The van der Waals surface area contributed by atoms with Crippen molar-refractivity contribution in [1.82, 2.24) is 4.98 Å². The van der Waals surface area contributed by atoms with Crippen LogP contribution in [-0.2, 0) is 22.5 Å². The number of nitrogens with zero attached hydrogens (tertiary/aromatic N) is 2. The highest BCUT2D eigenvalue weighted by molar-refractivity contribution is 8.18. The molecule has 0 radical (unpaired) electrons. The van der Waals surface area contributed by atoms with Gasteiger partial charge in [0.1, 0.15) is 11.3 Å². The molecule has 35 heavy (non-hydrogen) atoms. The van der Waals surface area contributed by atoms with Gasteiger partial charge in [-0.05, 0) is 61.3 Å². The third kappa shape index (κ3) is 7.06. The maximum atomic E-state index is 12.1. The summed E-state index contributed by atoms with van der Waals surface area (Å²) in [5.74, 6) is 0.477. The average molecular weight is 547 g/mol. The summed E-state index contributed by atoms with van der Waals surface area (Å²) in [4.78, 5) is 8.37. The molecule has 1 aromatic heterocycles. The van der Waals surface area contributed by atoms with E-state index in [2.05, 4.69) is 29.2 Å². The number of aromatic nitrogens is 1. The van der Waals surface area contributed by atoms with Crippen molar-refractivity contribution in [2.75, 3.05) is 37.1 Å². The summed E-state index contributed by atoms with van der Waals surface area (Å²) < 4.78 is 19.2. The van der Waals surface area contributed by atoms with E-state index in [4.69, 9.17) is 21.3 Å². The molecule has 2 heterocycles. The largest absolute Gasteiger partial charge is 0.611 e. The predicted molar refractivity (Wildman–Crippen MR) is 154 cm³/mol. The summed E-state index contributed by atoms with van der Waals surface area (Å²) in [5.41, 5.74) is 4.45. The van der Waals surface area contributed by atoms with Crippen LogP contribution in [0.2, 0.25) is 5.02 Å². The van der Waals surface area contributed by atoms with Gasteiger partial charge in [-0.3, -0.25) is 0 Å². The molecule has 0 N–H and O–H groups in total. The smallest absolute Gasteiger partial charge is 0.186 e. The van der Waals surface area contributed by atoms with E-state index in [0.29, 0.717) is 12.5 Å². The highest BCUT2D eigenvalue weighted by Crippen LogP contribution is 2.32. The topological polar surface area (TPSA) is 48.4 Å². The second-order valence-corrected chi connectivity index (χ2v) is 12.7. The van der Waals surface area contributed by atoms with Crippen molar-refractivity contribution in [3.05, 3.63) is 73.9 Å². The Balaban J connectivity index is 1.37. The van der Waals surface area contributed by atoms with Crippen molar-refractivity contribution in [2.45, 2.75) is 26.4 Å². The third-order valence-electron chi connectivity index (χ3n) is 6.12. The molecule has 0 spiro atoms. The maximum Gasteiger partial charge on any atom is 0.186 e. The Hall–Kier alpha value is -1.48. The van der Waals surface area contributed by atoms with Crippen molar-refractivity contribution in [1.29, 1.82) is 0 Å². The lowest BCUT2D eigenvalue weighted by Gasteiger charge is -2.35. The molecule has 4 rings (SSSR count). The Morgan fingerprint density at radius 1 is 1.29 bits per heavy atom. The third-order valence-corrected chi connectivity index (χ3v) is 9.97. The van der Waals surface area contributed by atoms with E-state index in [0.717, 1.165) is 57.2 Å². The zero-order valence-electron chi connectivity index (χ0n) is 20.3. The summed E-state index contributed by atoms with van der Waals surface area (Å²) >= 11 is 8.28. The molecule has 2 unspecified atom stereocenters. The molecule has 0 aliphatic carbocycles. The molecule has 3 aromatic rings. The zero-order chi connectivity index (χ0) is 24.8. The van der Waals surface area contributed by atoms with Crippen LogP contribution in [0.1, 0.15) is 29.0 Å². The van der Waals surface area contributed by atoms with Gasteiger partial charge in [-0.2, -0.15) is 0 Å². The molecule has 1 aliphatic rings. The summed E-state index contributed by atoms with van der Waals surface area (Å²) in [6, 6.07) is 16.2. The van der Waals surface area contributed by atoms with Crippen LogP contribution in [0.3, 0.4) is 0 Å². The van der Waals surface area contributed by atoms with Crippen LogP contribution in [0.4, 0.5) is 5.69 Å². The highest BCUT2D eigenvalue weighted by atomic mass is 35.5. The second-order valence-electron chi connectivity index (χ2n) is 8.68. The van der Waals surface area contributed by atoms with Gasteiger partial charge >= 0.3 is 0 Å². The first-order valence-corrected chi connectivity index (χ1v) is 15.7. The van der Waals surface area contributed by atoms with Gasteiger partial charge in [0.25, 0.3) is 0 Å². The fraction of sp³-hybridized carbons (Fsp3) is 0.370. The number of aryl methyl sites for hydroxylation is 1. The summed E-state index contributed by atoms with van der Waals surface area (Å²) in [7, 11) is 0. The number of piperidine rings is 1. The molecule has 1 aliphatic heterocycles. The van der Waals surface area contributed by atoms with Gasteiger partial charge in [-0.15, -0.1) is 11.3 Å². The number of rotatable bonds is 9. The molecule has 1 saturated heterocycles. The number of anilines is 1. The minimum Gasteiger partial charge on any atom is -0.611 e. The minimum atomic E-state index is -0.985. The van der Waals surface area contributed by atoms with Crippen LogP contribution in [0.25, 0.3) is 16.6 Å². The van der Waals surface area contributed by atoms with Crippen LogP contribution in [0.5, 0.6) is 0 Å². The van der Waals surface area contributed by atoms with Gasteiger partial charge in [-0.1, -0.05) is 53.7 Å². The van der Waals surface area contributed by atoms with E-state index in [9.17, 15) is 4.55 Å². The number of thiazole rings is 1. The molecular formula is C27H31ClN2O2S3. The highest BCUT2D eigenvalue weighted by Gasteiger charge is 2.22. The Bertz CT molecular complexity index is 1150. The fourth-order valence-corrected chi connectivity index (χ4v) is 6.91. The van der Waals surface area contributed by atoms with E-state index < -0.39 is 11.2 Å². The molecule has 8 heteroatoms. The average Bonchev–Trinajstić information content (AvgIpc) is 3.23. The number of benzene rings is 2. The number of ether oxygens (including phenoxy) is 1. The van der Waals surface area contributed by atoms with Gasteiger partial charge < -0.3 is 14.2 Å². The molecule has 0 amide bonds. The first-order chi connectivity index (χ1) is 16.9. The van der Waals surface area contributed by atoms with Crippen LogP contribution in [0, 0.1) is 12.8 Å². The van der Waals surface area contributed by atoms with Crippen LogP contribution < -0.4 is 4.90 Å². The minimum absolute atomic E-state index is 0.477. The first kappa shape index (κ1) is 26.6. The summed E-state index contributed by atoms with van der Waals surface area (Å²) in [5, 5.41) is 1.74. The van der Waals surface area contributed by atoms with Crippen LogP contribution >= 0.6 is 34.7 Å². The molecule has 4 nitrogen and oxygen atoms in total. The van der Waals surface area contributed by atoms with E-state index in [1.165, 1.54) is 17.0 Å². The predicted octanol–water partition coefficient (Wildman–Crippen LogP) is 7.25. The Kier molecular flexibility index (Phi) is 9.61. The number of hydrogen-bond donors (Lipinski definition) is 0. The first-order valence-electron chi connectivity index (χ1n) is 11.7. The lowest BCUT2D eigenvalue weighted by atomic mass is 9.97. The van der Waals surface area contributed by atoms with Crippen molar-refractivity contribution in [3.8, 4) is 10.6 Å². The van der Waals surface area contributed by atoms with Crippen LogP contribution in [0.15, 0.2) is 52.8 Å². The number of thioether (sulfide) groups is 1. The molecular weight excluding hydrogens is 516 g/mol. The van der Waals surface area contributed by atoms with E-state index >= 15 is 0 Å². The van der Waals surface area contributed by atoms with Crippen molar-refractivity contribution < 1.29 is 9.29 Å². The lowest BCUT2D eigenvalue weighted by Crippen LogP contribution is -2.37. The quantitative estimate of drug-likeness (QED) is 0.265. The van der Waals surface area contributed by atoms with Crippen molar-refractivity contribution in [2.24, 2.45) is 5.92 Å². The maximum absolute atomic E-state index is 12.1. The summed E-state index contributed by atoms with van der Waals surface area (Å²) in [6.45, 7) is 5.37. The Labute approximate surface area is 224 Å². The Morgan fingerprint density at radius 3 is 2.80 bits per heavy atom. The molecule has 2 aromatic carbocycles. The van der Waals surface area contributed by atoms with Gasteiger partial charge in [0.15, 0.2) is 4.24 Å². The van der Waals surface area contributed by atoms with Crippen molar-refractivity contribution in [3.63, 3.8) is 0 Å². The normalized spacial score (nSPS) is 17.6. The zero-order valence-corrected chi connectivity index (χ0v) is 23.5. The van der Waals surface area contributed by atoms with Gasteiger partial charge in [-0.25, -0.2) is 4.98 Å². The van der Waals surface area contributed by atoms with E-state index in [1.807, 2.05) is 43.5 Å². The molecule has 2 atom stereocenters. The van der Waals surface area contributed by atoms with E-state index in [1.54, 1.807) is 29.4 Å². The lowest BCUT2D eigenvalue weighted by molar-refractivity contribution is 0.0829. The molecule has 186 valence electrons. The Morgan fingerprint density at radius 2 is 2.06 bits per heavy atom. The number of hydrogen-bond acceptors (Lipinski definition) is 6. The van der Waals surface area contributed by atoms with Gasteiger partial charge in [0.2, 0.25) is 0 Å². The fourth-order valence-electron chi connectivity index (χ4n) is 4.30. The van der Waals surface area contributed by atoms with Gasteiger partial charge in [0.05, 0.1) is 23.8 Å². The molecule has 0 saturated carbocycles. The summed E-state index contributed by atoms with van der Waals surface area (Å²) in [6.07, 6.45) is 8.10. The monoisotopic (exact) mass is 546 g/mol.